The lowest BCUT2D eigenvalue weighted by Crippen LogP contribution is -1.98. The van der Waals surface area contributed by atoms with Gasteiger partial charge >= 0.3 is 0 Å². The Bertz CT molecular complexity index is 745. The Morgan fingerprint density at radius 3 is 2.52 bits per heavy atom. The summed E-state index contributed by atoms with van der Waals surface area (Å²) in [4.78, 5) is 0. The van der Waals surface area contributed by atoms with Crippen molar-refractivity contribution in [3.63, 3.8) is 0 Å². The molecule has 21 heavy (non-hydrogen) atoms. The van der Waals surface area contributed by atoms with Gasteiger partial charge < -0.3 is 14.4 Å². The van der Waals surface area contributed by atoms with Gasteiger partial charge in [-0.3, -0.25) is 0 Å². The summed E-state index contributed by atoms with van der Waals surface area (Å²) in [6.07, 6.45) is 2.07. The first-order valence-electron chi connectivity index (χ1n) is 7.16. The van der Waals surface area contributed by atoms with Crippen LogP contribution in [0.5, 0.6) is 11.5 Å². The lowest BCUT2D eigenvalue weighted by Gasteiger charge is -2.08. The normalized spacial score (nSPS) is 11.2. The van der Waals surface area contributed by atoms with Gasteiger partial charge in [0.15, 0.2) is 0 Å². The summed E-state index contributed by atoms with van der Waals surface area (Å²) in [5.74, 6) is 1.14. The first-order chi connectivity index (χ1) is 10.2. The summed E-state index contributed by atoms with van der Waals surface area (Å²) >= 11 is 0. The lowest BCUT2D eigenvalue weighted by atomic mass is 10.1. The summed E-state index contributed by atoms with van der Waals surface area (Å²) in [5.41, 5.74) is 2.04. The Balaban J connectivity index is 1.98. The Morgan fingerprint density at radius 1 is 1.05 bits per heavy atom. The van der Waals surface area contributed by atoms with E-state index in [0.717, 1.165) is 22.2 Å². The molecule has 3 nitrogen and oxygen atoms in total. The van der Waals surface area contributed by atoms with Gasteiger partial charge in [0.05, 0.1) is 5.52 Å². The van der Waals surface area contributed by atoms with Gasteiger partial charge in [-0.2, -0.15) is 0 Å². The van der Waals surface area contributed by atoms with Crippen LogP contribution in [0.3, 0.4) is 0 Å². The molecule has 0 atom stereocenters. The molecule has 1 heterocycles. The fourth-order valence-electron chi connectivity index (χ4n) is 2.59. The highest BCUT2D eigenvalue weighted by Crippen LogP contribution is 2.32. The predicted octanol–water partition coefficient (Wildman–Crippen LogP) is 4.51. The van der Waals surface area contributed by atoms with Crippen LogP contribution in [0.2, 0.25) is 0 Å². The van der Waals surface area contributed by atoms with Crippen molar-refractivity contribution in [1.82, 2.24) is 4.57 Å². The number of rotatable bonds is 4. The molecule has 108 valence electrons. The molecule has 0 unspecified atom stereocenters. The van der Waals surface area contributed by atoms with E-state index in [1.807, 2.05) is 42.5 Å². The number of aromatic hydroxyl groups is 1. The van der Waals surface area contributed by atoms with Crippen molar-refractivity contribution in [2.45, 2.75) is 26.5 Å². The summed E-state index contributed by atoms with van der Waals surface area (Å²) in [6, 6.07) is 15.7. The van der Waals surface area contributed by atoms with Crippen LogP contribution in [-0.2, 0) is 6.61 Å². The van der Waals surface area contributed by atoms with Crippen LogP contribution in [0.25, 0.3) is 10.9 Å². The van der Waals surface area contributed by atoms with E-state index in [0.29, 0.717) is 18.4 Å². The number of para-hydroxylation sites is 1. The number of hydrogen-bond donors (Lipinski definition) is 1. The maximum absolute atomic E-state index is 10.2. The van der Waals surface area contributed by atoms with E-state index in [1.54, 1.807) is 6.07 Å². The molecule has 0 aliphatic carbocycles. The highest BCUT2D eigenvalue weighted by Gasteiger charge is 2.14. The molecule has 2 aromatic carbocycles. The van der Waals surface area contributed by atoms with Crippen LogP contribution in [0, 0.1) is 0 Å². The lowest BCUT2D eigenvalue weighted by molar-refractivity contribution is 0.307. The quantitative estimate of drug-likeness (QED) is 0.763. The summed E-state index contributed by atoms with van der Waals surface area (Å²) in [6.45, 7) is 4.70. The number of benzene rings is 2. The second-order valence-electron chi connectivity index (χ2n) is 5.43. The molecule has 0 aliphatic heterocycles. The van der Waals surface area contributed by atoms with Crippen LogP contribution in [0.4, 0.5) is 0 Å². The van der Waals surface area contributed by atoms with Crippen LogP contribution in [0.15, 0.2) is 54.7 Å². The van der Waals surface area contributed by atoms with Gasteiger partial charge in [-0.25, -0.2) is 0 Å². The van der Waals surface area contributed by atoms with Crippen molar-refractivity contribution in [3.8, 4) is 11.5 Å². The molecule has 3 heteroatoms. The van der Waals surface area contributed by atoms with Gasteiger partial charge in [0.25, 0.3) is 0 Å². The maximum Gasteiger partial charge on any atom is 0.125 e. The minimum atomic E-state index is 0.304. The predicted molar refractivity (Wildman–Crippen MR) is 84.8 cm³/mol. The fraction of sp³-hybridized carbons (Fsp3) is 0.222. The van der Waals surface area contributed by atoms with Crippen LogP contribution >= 0.6 is 0 Å². The number of fused-ring (bicyclic) bond motifs is 1. The van der Waals surface area contributed by atoms with Gasteiger partial charge in [-0.1, -0.05) is 24.3 Å². The number of nitrogens with zero attached hydrogens (tertiary/aromatic N) is 1. The zero-order chi connectivity index (χ0) is 14.8. The van der Waals surface area contributed by atoms with Crippen molar-refractivity contribution in [1.29, 1.82) is 0 Å². The molecule has 0 saturated carbocycles. The van der Waals surface area contributed by atoms with Crippen LogP contribution < -0.4 is 4.74 Å². The number of hydrogen-bond acceptors (Lipinski definition) is 2. The number of phenolic OH excluding ortho intramolecular Hbond substituents is 1. The monoisotopic (exact) mass is 281 g/mol. The molecule has 3 aromatic rings. The molecule has 0 radical (unpaired) electrons. The van der Waals surface area contributed by atoms with E-state index >= 15 is 0 Å². The van der Waals surface area contributed by atoms with Crippen molar-refractivity contribution in [3.05, 3.63) is 60.3 Å². The number of phenols is 1. The Hall–Kier alpha value is -2.42. The summed E-state index contributed by atoms with van der Waals surface area (Å²) < 4.78 is 7.99. The highest BCUT2D eigenvalue weighted by atomic mass is 16.5. The molecule has 0 bridgehead atoms. The van der Waals surface area contributed by atoms with Gasteiger partial charge in [-0.15, -0.1) is 0 Å². The van der Waals surface area contributed by atoms with E-state index in [2.05, 4.69) is 24.6 Å². The van der Waals surface area contributed by atoms with E-state index in [4.69, 9.17) is 4.74 Å². The fourth-order valence-corrected chi connectivity index (χ4v) is 2.59. The van der Waals surface area contributed by atoms with Gasteiger partial charge in [0, 0.05) is 23.2 Å². The minimum absolute atomic E-state index is 0.304. The molecule has 0 saturated heterocycles. The van der Waals surface area contributed by atoms with Gasteiger partial charge in [0.1, 0.15) is 18.1 Å². The van der Waals surface area contributed by atoms with Crippen molar-refractivity contribution >= 4 is 10.9 Å². The number of ether oxygens (including phenoxy) is 1. The molecule has 0 spiro atoms. The SMILES string of the molecule is CC(C)n1cc(COc2ccccc2)c2c(O)cccc21. The zero-order valence-electron chi connectivity index (χ0n) is 12.3. The van der Waals surface area contributed by atoms with Crippen LogP contribution in [-0.4, -0.2) is 9.67 Å². The standard InChI is InChI=1S/C18H19NO2/c1-13(2)19-11-14(12-21-15-7-4-3-5-8-15)18-16(19)9-6-10-17(18)20/h3-11,13,20H,12H2,1-2H3. The van der Waals surface area contributed by atoms with E-state index < -0.39 is 0 Å². The smallest absolute Gasteiger partial charge is 0.125 e. The Kier molecular flexibility index (Phi) is 3.57. The summed E-state index contributed by atoms with van der Waals surface area (Å²) in [7, 11) is 0. The minimum Gasteiger partial charge on any atom is -0.507 e. The average Bonchev–Trinajstić information content (AvgIpc) is 2.87. The molecule has 3 rings (SSSR count). The van der Waals surface area contributed by atoms with E-state index in [-0.39, 0.29) is 0 Å². The first-order valence-corrected chi connectivity index (χ1v) is 7.16. The van der Waals surface area contributed by atoms with Gasteiger partial charge in [0.2, 0.25) is 0 Å². The number of aromatic nitrogens is 1. The third-order valence-electron chi connectivity index (χ3n) is 3.61. The topological polar surface area (TPSA) is 34.4 Å². The largest absolute Gasteiger partial charge is 0.507 e. The molecule has 0 aliphatic rings. The van der Waals surface area contributed by atoms with E-state index in [1.165, 1.54) is 0 Å². The third-order valence-corrected chi connectivity index (χ3v) is 3.61. The molecule has 1 N–H and O–H groups in total. The average molecular weight is 281 g/mol. The molecule has 0 fully saturated rings. The maximum atomic E-state index is 10.2. The molecular weight excluding hydrogens is 262 g/mol. The molecular formula is C18H19NO2. The zero-order valence-corrected chi connectivity index (χ0v) is 12.3. The third kappa shape index (κ3) is 2.59. The van der Waals surface area contributed by atoms with Crippen molar-refractivity contribution < 1.29 is 9.84 Å². The molecule has 0 amide bonds. The Morgan fingerprint density at radius 2 is 1.81 bits per heavy atom. The van der Waals surface area contributed by atoms with Crippen molar-refractivity contribution in [2.75, 3.05) is 0 Å². The van der Waals surface area contributed by atoms with Crippen LogP contribution in [0.1, 0.15) is 25.5 Å². The summed E-state index contributed by atoms with van der Waals surface area (Å²) in [5, 5.41) is 11.1. The first kappa shape index (κ1) is 13.6. The van der Waals surface area contributed by atoms with E-state index in [9.17, 15) is 5.11 Å². The highest BCUT2D eigenvalue weighted by molar-refractivity contribution is 5.89. The van der Waals surface area contributed by atoms with Gasteiger partial charge in [-0.05, 0) is 38.1 Å². The second-order valence-corrected chi connectivity index (χ2v) is 5.43. The second kappa shape index (κ2) is 5.52. The Labute approximate surface area is 124 Å². The van der Waals surface area contributed by atoms with Crippen molar-refractivity contribution in [2.24, 2.45) is 0 Å². The molecule has 1 aromatic heterocycles.